The number of aliphatic carboxylic acids is 1. The Balaban J connectivity index is 2.98. The molecule has 0 aromatic carbocycles. The Hall–Kier alpha value is -2.64. The molecule has 0 fully saturated rings. The molecular weight excluding hydrogens is 428 g/mol. The van der Waals surface area contributed by atoms with Gasteiger partial charge >= 0.3 is 5.97 Å². The van der Waals surface area contributed by atoms with Gasteiger partial charge in [0.25, 0.3) is 0 Å². The lowest BCUT2D eigenvalue weighted by Crippen LogP contribution is -2.59. The molecule has 1 aromatic rings. The van der Waals surface area contributed by atoms with Crippen LogP contribution in [0.15, 0.2) is 12.5 Å². The summed E-state index contributed by atoms with van der Waals surface area (Å²) in [5, 5.41) is 26.1. The predicted octanol–water partition coefficient (Wildman–Crippen LogP) is -2.21. The van der Waals surface area contributed by atoms with Gasteiger partial charge in [0.15, 0.2) is 0 Å². The minimum absolute atomic E-state index is 0.0212. The standard InChI is InChI=1S/C18H30N6O6S/c1-3-9(2)14(18(29)30)24-16(27)12(4-10-5-20-8-21-10)22-17(28)13(6-25)23-15(26)11(19)7-31/h5,8-9,11-14,25,31H,3-4,6-7,19H2,1-2H3,(H,20,21)(H,22,28)(H,23,26)(H,24,27)(H,29,30). The Labute approximate surface area is 185 Å². The largest absolute Gasteiger partial charge is 0.480 e. The normalized spacial score (nSPS) is 15.8. The number of H-pyrrole nitrogens is 1. The minimum Gasteiger partial charge on any atom is -0.480 e. The number of amides is 3. The molecule has 0 radical (unpaired) electrons. The number of aromatic nitrogens is 2. The second-order valence-electron chi connectivity index (χ2n) is 7.08. The molecule has 1 heterocycles. The highest BCUT2D eigenvalue weighted by atomic mass is 32.1. The van der Waals surface area contributed by atoms with E-state index >= 15 is 0 Å². The monoisotopic (exact) mass is 458 g/mol. The highest BCUT2D eigenvalue weighted by Gasteiger charge is 2.32. The van der Waals surface area contributed by atoms with Crippen LogP contribution in [0.5, 0.6) is 0 Å². The molecule has 5 unspecified atom stereocenters. The number of nitrogens with zero attached hydrogens (tertiary/aromatic N) is 1. The number of thiol groups is 1. The summed E-state index contributed by atoms with van der Waals surface area (Å²) < 4.78 is 0. The minimum atomic E-state index is -1.36. The first kappa shape index (κ1) is 26.4. The van der Waals surface area contributed by atoms with E-state index in [9.17, 15) is 29.4 Å². The number of carbonyl (C=O) groups is 4. The molecule has 1 aromatic heterocycles. The number of aliphatic hydroxyl groups is 1. The van der Waals surface area contributed by atoms with Crippen molar-refractivity contribution in [2.75, 3.05) is 12.4 Å². The fraction of sp³-hybridized carbons (Fsp3) is 0.611. The third-order valence-corrected chi connectivity index (χ3v) is 5.13. The van der Waals surface area contributed by atoms with Gasteiger partial charge in [-0.15, -0.1) is 0 Å². The predicted molar refractivity (Wildman–Crippen MR) is 114 cm³/mol. The highest BCUT2D eigenvalue weighted by Crippen LogP contribution is 2.09. The first-order chi connectivity index (χ1) is 14.6. The lowest BCUT2D eigenvalue weighted by Gasteiger charge is -2.25. The van der Waals surface area contributed by atoms with E-state index < -0.39 is 54.5 Å². The Kier molecular flexibility index (Phi) is 11.0. The number of aromatic amines is 1. The van der Waals surface area contributed by atoms with Gasteiger partial charge in [0.05, 0.1) is 19.0 Å². The van der Waals surface area contributed by atoms with Crippen LogP contribution in [0.4, 0.5) is 0 Å². The van der Waals surface area contributed by atoms with E-state index in [4.69, 9.17) is 5.73 Å². The quantitative estimate of drug-likeness (QED) is 0.152. The summed E-state index contributed by atoms with van der Waals surface area (Å²) in [6, 6.07) is -4.69. The third-order valence-electron chi connectivity index (χ3n) is 4.74. The molecule has 0 saturated heterocycles. The first-order valence-electron chi connectivity index (χ1n) is 9.72. The van der Waals surface area contributed by atoms with Crippen molar-refractivity contribution in [3.8, 4) is 0 Å². The first-order valence-corrected chi connectivity index (χ1v) is 10.4. The molecule has 13 heteroatoms. The molecule has 174 valence electrons. The molecule has 0 aliphatic rings. The van der Waals surface area contributed by atoms with E-state index in [0.29, 0.717) is 12.1 Å². The summed E-state index contributed by atoms with van der Waals surface area (Å²) in [5.41, 5.74) is 6.06. The average Bonchev–Trinajstić information content (AvgIpc) is 3.26. The van der Waals surface area contributed by atoms with E-state index in [-0.39, 0.29) is 18.1 Å². The molecular formula is C18H30N6O6S. The van der Waals surface area contributed by atoms with Crippen molar-refractivity contribution >= 4 is 36.3 Å². The van der Waals surface area contributed by atoms with Crippen LogP contribution < -0.4 is 21.7 Å². The summed E-state index contributed by atoms with van der Waals surface area (Å²) in [7, 11) is 0. The fourth-order valence-corrected chi connectivity index (χ4v) is 2.76. The van der Waals surface area contributed by atoms with Crippen LogP contribution in [-0.4, -0.2) is 80.4 Å². The summed E-state index contributed by atoms with van der Waals surface area (Å²) >= 11 is 3.90. The maximum absolute atomic E-state index is 12.8. The molecule has 3 amide bonds. The summed E-state index contributed by atoms with van der Waals surface area (Å²) in [6.07, 6.45) is 3.33. The lowest BCUT2D eigenvalue weighted by molar-refractivity contribution is -0.143. The maximum Gasteiger partial charge on any atom is 0.326 e. The Morgan fingerprint density at radius 1 is 1.16 bits per heavy atom. The van der Waals surface area contributed by atoms with E-state index in [1.807, 2.05) is 0 Å². The van der Waals surface area contributed by atoms with Crippen LogP contribution in [0, 0.1) is 5.92 Å². The Bertz CT molecular complexity index is 746. The van der Waals surface area contributed by atoms with Crippen molar-refractivity contribution in [2.45, 2.75) is 50.9 Å². The molecule has 0 saturated carbocycles. The molecule has 12 nitrogen and oxygen atoms in total. The molecule has 0 aliphatic heterocycles. The summed E-state index contributed by atoms with van der Waals surface area (Å²) in [4.78, 5) is 55.5. The van der Waals surface area contributed by atoms with Crippen molar-refractivity contribution in [1.82, 2.24) is 25.9 Å². The number of nitrogens with one attached hydrogen (secondary N) is 4. The topological polar surface area (TPSA) is 200 Å². The van der Waals surface area contributed by atoms with Gasteiger partial charge < -0.3 is 36.9 Å². The number of hydrogen-bond acceptors (Lipinski definition) is 8. The van der Waals surface area contributed by atoms with Gasteiger partial charge in [0.1, 0.15) is 18.1 Å². The van der Waals surface area contributed by atoms with Crippen molar-refractivity contribution < 1.29 is 29.4 Å². The van der Waals surface area contributed by atoms with Crippen LogP contribution in [0.25, 0.3) is 0 Å². The molecule has 8 N–H and O–H groups in total. The summed E-state index contributed by atoms with van der Waals surface area (Å²) in [6.45, 7) is 2.74. The van der Waals surface area contributed by atoms with E-state index in [0.717, 1.165) is 0 Å². The van der Waals surface area contributed by atoms with Crippen molar-refractivity contribution in [1.29, 1.82) is 0 Å². The fourth-order valence-electron chi connectivity index (χ4n) is 2.59. The Morgan fingerprint density at radius 3 is 2.26 bits per heavy atom. The molecule has 31 heavy (non-hydrogen) atoms. The van der Waals surface area contributed by atoms with Crippen LogP contribution in [0.2, 0.25) is 0 Å². The van der Waals surface area contributed by atoms with E-state index in [2.05, 4.69) is 38.5 Å². The zero-order valence-electron chi connectivity index (χ0n) is 17.4. The Morgan fingerprint density at radius 2 is 1.77 bits per heavy atom. The van der Waals surface area contributed by atoms with Crippen LogP contribution in [0.1, 0.15) is 26.0 Å². The van der Waals surface area contributed by atoms with Gasteiger partial charge in [-0.3, -0.25) is 14.4 Å². The average molecular weight is 459 g/mol. The van der Waals surface area contributed by atoms with Gasteiger partial charge in [-0.2, -0.15) is 12.6 Å². The number of carboxylic acid groups (broad SMARTS) is 1. The van der Waals surface area contributed by atoms with Gasteiger partial charge in [-0.1, -0.05) is 20.3 Å². The van der Waals surface area contributed by atoms with Gasteiger partial charge in [0, 0.05) is 24.1 Å². The second kappa shape index (κ2) is 12.9. The van der Waals surface area contributed by atoms with Crippen molar-refractivity contribution in [3.05, 3.63) is 18.2 Å². The second-order valence-corrected chi connectivity index (χ2v) is 7.45. The zero-order valence-corrected chi connectivity index (χ0v) is 18.3. The van der Waals surface area contributed by atoms with E-state index in [1.54, 1.807) is 13.8 Å². The number of rotatable bonds is 13. The van der Waals surface area contributed by atoms with Crippen LogP contribution in [-0.2, 0) is 25.6 Å². The molecule has 0 spiro atoms. The summed E-state index contributed by atoms with van der Waals surface area (Å²) in [5.74, 6) is -3.78. The maximum atomic E-state index is 12.8. The van der Waals surface area contributed by atoms with Crippen LogP contribution in [0.3, 0.4) is 0 Å². The van der Waals surface area contributed by atoms with Gasteiger partial charge in [-0.05, 0) is 5.92 Å². The number of hydrogen-bond donors (Lipinski definition) is 8. The van der Waals surface area contributed by atoms with Crippen molar-refractivity contribution in [2.24, 2.45) is 11.7 Å². The third kappa shape index (κ3) is 8.19. The number of nitrogens with two attached hydrogens (primary N) is 1. The number of imidazole rings is 1. The van der Waals surface area contributed by atoms with Gasteiger partial charge in [0.2, 0.25) is 17.7 Å². The lowest BCUT2D eigenvalue weighted by atomic mass is 9.98. The zero-order chi connectivity index (χ0) is 23.6. The van der Waals surface area contributed by atoms with Crippen LogP contribution >= 0.6 is 12.6 Å². The molecule has 1 rings (SSSR count). The molecule has 0 bridgehead atoms. The highest BCUT2D eigenvalue weighted by molar-refractivity contribution is 7.80. The molecule has 5 atom stereocenters. The van der Waals surface area contributed by atoms with E-state index in [1.165, 1.54) is 12.5 Å². The van der Waals surface area contributed by atoms with Crippen molar-refractivity contribution in [3.63, 3.8) is 0 Å². The smallest absolute Gasteiger partial charge is 0.326 e. The van der Waals surface area contributed by atoms with Gasteiger partial charge in [-0.25, -0.2) is 9.78 Å². The number of carboxylic acids is 1. The molecule has 0 aliphatic carbocycles. The SMILES string of the molecule is CCC(C)C(NC(=O)C(Cc1cnc[nH]1)NC(=O)C(CO)NC(=O)C(N)CS)C(=O)O. The number of carbonyl (C=O) groups excluding carboxylic acids is 3. The number of aliphatic hydroxyl groups excluding tert-OH is 1.